The summed E-state index contributed by atoms with van der Waals surface area (Å²) in [6.45, 7) is 0.400. The van der Waals surface area contributed by atoms with Crippen LogP contribution in [0.4, 0.5) is 8.78 Å². The summed E-state index contributed by atoms with van der Waals surface area (Å²) < 4.78 is 29.5. The molecule has 1 amide bonds. The largest absolute Gasteiger partial charge is 0.478 e. The fourth-order valence-electron chi connectivity index (χ4n) is 4.14. The van der Waals surface area contributed by atoms with E-state index in [1.54, 1.807) is 41.1 Å². The number of aromatic carboxylic acids is 1. The Morgan fingerprint density at radius 3 is 2.29 bits per heavy atom. The Morgan fingerprint density at radius 2 is 1.61 bits per heavy atom. The smallest absolute Gasteiger partial charge is 0.335 e. The predicted octanol–water partition coefficient (Wildman–Crippen LogP) is 5.71. The van der Waals surface area contributed by atoms with E-state index in [2.05, 4.69) is 15.6 Å². The molecule has 0 saturated carbocycles. The van der Waals surface area contributed by atoms with Crippen LogP contribution in [0.25, 0.3) is 22.2 Å². The van der Waals surface area contributed by atoms with E-state index in [4.69, 9.17) is 16.7 Å². The van der Waals surface area contributed by atoms with Gasteiger partial charge < -0.3 is 10.4 Å². The van der Waals surface area contributed by atoms with Crippen LogP contribution in [-0.2, 0) is 13.1 Å². The highest BCUT2D eigenvalue weighted by Gasteiger charge is 2.19. The maximum absolute atomic E-state index is 14.0. The van der Waals surface area contributed by atoms with Crippen LogP contribution in [-0.4, -0.2) is 32.0 Å². The first-order valence-corrected chi connectivity index (χ1v) is 11.8. The van der Waals surface area contributed by atoms with Crippen molar-refractivity contribution >= 4 is 34.5 Å². The number of aromatic nitrogens is 3. The number of hydrogen-bond donors (Lipinski definition) is 2. The summed E-state index contributed by atoms with van der Waals surface area (Å²) in [6, 6.07) is 19.6. The third-order valence-electron chi connectivity index (χ3n) is 5.92. The van der Waals surface area contributed by atoms with Crippen molar-refractivity contribution in [1.29, 1.82) is 0 Å². The Bertz CT molecular complexity index is 1670. The molecular formula is C28H19ClF2N4O3. The lowest BCUT2D eigenvalue weighted by molar-refractivity contribution is 0.0696. The van der Waals surface area contributed by atoms with E-state index < -0.39 is 23.5 Å². The van der Waals surface area contributed by atoms with Crippen LogP contribution in [0.5, 0.6) is 0 Å². The quantitative estimate of drug-likeness (QED) is 0.280. The van der Waals surface area contributed by atoms with Gasteiger partial charge in [-0.25, -0.2) is 18.3 Å². The normalized spacial score (nSPS) is 11.0. The number of hydrogen-bond acceptors (Lipinski definition) is 4. The van der Waals surface area contributed by atoms with Gasteiger partial charge in [0.15, 0.2) is 0 Å². The van der Waals surface area contributed by atoms with Crippen LogP contribution in [0, 0.1) is 11.6 Å². The molecule has 0 radical (unpaired) electrons. The first-order valence-electron chi connectivity index (χ1n) is 11.5. The van der Waals surface area contributed by atoms with Crippen molar-refractivity contribution in [3.8, 4) is 11.1 Å². The molecule has 0 saturated heterocycles. The van der Waals surface area contributed by atoms with Crippen LogP contribution in [0.15, 0.2) is 78.9 Å². The molecule has 5 aromatic rings. The molecule has 2 N–H and O–H groups in total. The van der Waals surface area contributed by atoms with E-state index in [0.29, 0.717) is 27.2 Å². The molecule has 0 unspecified atom stereocenters. The second-order valence-electron chi connectivity index (χ2n) is 8.61. The zero-order chi connectivity index (χ0) is 26.8. The zero-order valence-electron chi connectivity index (χ0n) is 19.7. The van der Waals surface area contributed by atoms with Crippen molar-refractivity contribution in [2.75, 3.05) is 0 Å². The van der Waals surface area contributed by atoms with E-state index in [1.165, 1.54) is 30.3 Å². The standard InChI is InChI=1S/C28H19ClF2N4O3/c29-21-3-1-2-17(8-21)15-35-26-24(27(36)32-14-16-4-6-18(7-5-16)28(37)38)11-20(12-25(26)33-34-35)19-9-22(30)13-23(31)10-19/h1-13H,14-15H2,(H,32,36)(H,37,38). The van der Waals surface area contributed by atoms with Crippen molar-refractivity contribution in [3.63, 3.8) is 0 Å². The van der Waals surface area contributed by atoms with E-state index >= 15 is 0 Å². The maximum atomic E-state index is 14.0. The second-order valence-corrected chi connectivity index (χ2v) is 9.05. The average Bonchev–Trinajstić information content (AvgIpc) is 3.29. The summed E-state index contributed by atoms with van der Waals surface area (Å²) in [5.41, 5.74) is 3.30. The van der Waals surface area contributed by atoms with Gasteiger partial charge in [0, 0.05) is 17.6 Å². The number of rotatable bonds is 7. The van der Waals surface area contributed by atoms with Crippen LogP contribution in [0.1, 0.15) is 31.8 Å². The van der Waals surface area contributed by atoms with Crippen LogP contribution < -0.4 is 5.32 Å². The highest BCUT2D eigenvalue weighted by atomic mass is 35.5. The molecule has 0 aliphatic heterocycles. The van der Waals surface area contributed by atoms with Crippen LogP contribution in [0.2, 0.25) is 5.02 Å². The fourth-order valence-corrected chi connectivity index (χ4v) is 4.35. The third-order valence-corrected chi connectivity index (χ3v) is 6.16. The number of nitrogens with zero attached hydrogens (tertiary/aromatic N) is 3. The van der Waals surface area contributed by atoms with E-state index in [-0.39, 0.29) is 29.8 Å². The molecule has 0 atom stereocenters. The number of benzene rings is 4. The van der Waals surface area contributed by atoms with Gasteiger partial charge in [0.05, 0.1) is 17.7 Å². The van der Waals surface area contributed by atoms with Gasteiger partial charge in [0.25, 0.3) is 5.91 Å². The molecule has 0 spiro atoms. The number of carboxylic acids is 1. The topological polar surface area (TPSA) is 97.1 Å². The molecule has 4 aromatic carbocycles. The molecule has 1 aromatic heterocycles. The number of halogens is 3. The maximum Gasteiger partial charge on any atom is 0.335 e. The van der Waals surface area contributed by atoms with E-state index in [9.17, 15) is 18.4 Å². The van der Waals surface area contributed by atoms with Crippen molar-refractivity contribution in [2.24, 2.45) is 0 Å². The molecule has 0 fully saturated rings. The number of fused-ring (bicyclic) bond motifs is 1. The Morgan fingerprint density at radius 1 is 0.895 bits per heavy atom. The number of carbonyl (C=O) groups is 2. The number of carboxylic acid groups (broad SMARTS) is 1. The minimum atomic E-state index is -1.05. The summed E-state index contributed by atoms with van der Waals surface area (Å²) in [5.74, 6) is -3.01. The molecule has 5 rings (SSSR count). The lowest BCUT2D eigenvalue weighted by atomic mass is 10.0. The predicted molar refractivity (Wildman–Crippen MR) is 138 cm³/mol. The van der Waals surface area contributed by atoms with E-state index in [0.717, 1.165) is 11.6 Å². The summed E-state index contributed by atoms with van der Waals surface area (Å²) in [6.07, 6.45) is 0. The van der Waals surface area contributed by atoms with Gasteiger partial charge in [0.2, 0.25) is 0 Å². The summed E-state index contributed by atoms with van der Waals surface area (Å²) in [5, 5.41) is 20.9. The highest BCUT2D eigenvalue weighted by Crippen LogP contribution is 2.29. The molecule has 0 aliphatic rings. The van der Waals surface area contributed by atoms with Gasteiger partial charge in [0.1, 0.15) is 22.7 Å². The zero-order valence-corrected chi connectivity index (χ0v) is 20.4. The second kappa shape index (κ2) is 10.4. The van der Waals surface area contributed by atoms with Crippen molar-refractivity contribution in [3.05, 3.63) is 118 Å². The van der Waals surface area contributed by atoms with Gasteiger partial charge in [-0.05, 0) is 70.8 Å². The molecule has 7 nitrogen and oxygen atoms in total. The van der Waals surface area contributed by atoms with E-state index in [1.807, 2.05) is 6.07 Å². The highest BCUT2D eigenvalue weighted by molar-refractivity contribution is 6.30. The molecule has 0 aliphatic carbocycles. The lowest BCUT2D eigenvalue weighted by Gasteiger charge is -2.12. The Labute approximate surface area is 220 Å². The fraction of sp³-hybridized carbons (Fsp3) is 0.0714. The van der Waals surface area contributed by atoms with Gasteiger partial charge in [-0.1, -0.05) is 41.1 Å². The molecular weight excluding hydrogens is 514 g/mol. The molecule has 0 bridgehead atoms. The Hall–Kier alpha value is -4.63. The lowest BCUT2D eigenvalue weighted by Crippen LogP contribution is -2.24. The van der Waals surface area contributed by atoms with Crippen LogP contribution in [0.3, 0.4) is 0 Å². The first-order chi connectivity index (χ1) is 18.3. The van der Waals surface area contributed by atoms with Crippen molar-refractivity contribution < 1.29 is 23.5 Å². The monoisotopic (exact) mass is 532 g/mol. The SMILES string of the molecule is O=C(O)c1ccc(CNC(=O)c2cc(-c3cc(F)cc(F)c3)cc3nnn(Cc4cccc(Cl)c4)c23)cc1. The molecule has 190 valence electrons. The summed E-state index contributed by atoms with van der Waals surface area (Å²) in [4.78, 5) is 24.5. The van der Waals surface area contributed by atoms with Crippen molar-refractivity contribution in [1.82, 2.24) is 20.3 Å². The third kappa shape index (κ3) is 5.37. The molecule has 1 heterocycles. The first kappa shape index (κ1) is 25.0. The summed E-state index contributed by atoms with van der Waals surface area (Å²) >= 11 is 6.12. The van der Waals surface area contributed by atoms with Crippen LogP contribution >= 0.6 is 11.6 Å². The van der Waals surface area contributed by atoms with Gasteiger partial charge >= 0.3 is 5.97 Å². The molecule has 38 heavy (non-hydrogen) atoms. The molecule has 10 heteroatoms. The van der Waals surface area contributed by atoms with Gasteiger partial charge in [-0.3, -0.25) is 4.79 Å². The Kier molecular flexibility index (Phi) is 6.85. The number of carbonyl (C=O) groups excluding carboxylic acids is 1. The van der Waals surface area contributed by atoms with Gasteiger partial charge in [-0.15, -0.1) is 5.10 Å². The van der Waals surface area contributed by atoms with Crippen molar-refractivity contribution in [2.45, 2.75) is 13.1 Å². The average molecular weight is 533 g/mol. The number of amides is 1. The minimum Gasteiger partial charge on any atom is -0.478 e. The Balaban J connectivity index is 1.54. The van der Waals surface area contributed by atoms with Gasteiger partial charge in [-0.2, -0.15) is 0 Å². The summed E-state index contributed by atoms with van der Waals surface area (Å²) in [7, 11) is 0. The number of nitrogens with one attached hydrogen (secondary N) is 1. The minimum absolute atomic E-state index is 0.120.